The number of amides is 2. The van der Waals surface area contributed by atoms with Gasteiger partial charge in [-0.1, -0.05) is 48.5 Å². The van der Waals surface area contributed by atoms with Crippen molar-refractivity contribution in [1.82, 2.24) is 5.01 Å². The lowest BCUT2D eigenvalue weighted by Gasteiger charge is -2.19. The number of anilines is 1. The fourth-order valence-electron chi connectivity index (χ4n) is 2.69. The minimum absolute atomic E-state index is 0.0893. The van der Waals surface area contributed by atoms with Crippen molar-refractivity contribution < 1.29 is 9.59 Å². The third-order valence-corrected chi connectivity index (χ3v) is 4.98. The van der Waals surface area contributed by atoms with Gasteiger partial charge in [0.25, 0.3) is 11.8 Å². The van der Waals surface area contributed by atoms with E-state index in [0.717, 1.165) is 16.8 Å². The van der Waals surface area contributed by atoms with Crippen LogP contribution in [-0.4, -0.2) is 28.3 Å². The maximum atomic E-state index is 12.2. The molecule has 1 atom stereocenters. The smallest absolute Gasteiger partial charge is 0.276 e. The molecule has 1 N–H and O–H groups in total. The van der Waals surface area contributed by atoms with Crippen molar-refractivity contribution in [2.45, 2.75) is 5.37 Å². The van der Waals surface area contributed by atoms with E-state index in [4.69, 9.17) is 0 Å². The van der Waals surface area contributed by atoms with Crippen LogP contribution in [0.1, 0.15) is 16.5 Å². The van der Waals surface area contributed by atoms with Crippen LogP contribution in [0.4, 0.5) is 5.69 Å². The maximum Gasteiger partial charge on any atom is 0.276 e. The summed E-state index contributed by atoms with van der Waals surface area (Å²) in [7, 11) is 0. The number of carbonyl (C=O) groups is 2. The third kappa shape index (κ3) is 2.41. The predicted molar refractivity (Wildman–Crippen MR) is 90.1 cm³/mol. The van der Waals surface area contributed by atoms with E-state index in [1.807, 2.05) is 54.6 Å². The second kappa shape index (κ2) is 5.55. The first-order chi connectivity index (χ1) is 11.2. The number of rotatable bonds is 2. The number of nitrogens with zero attached hydrogens (tertiary/aromatic N) is 2. The number of benzene rings is 2. The van der Waals surface area contributed by atoms with Crippen LogP contribution in [0, 0.1) is 0 Å². The van der Waals surface area contributed by atoms with E-state index in [9.17, 15) is 9.59 Å². The van der Waals surface area contributed by atoms with Crippen LogP contribution >= 0.6 is 11.8 Å². The average Bonchev–Trinajstić information content (AvgIpc) is 3.10. The molecule has 2 aliphatic rings. The minimum Gasteiger partial charge on any atom is -0.320 e. The third-order valence-electron chi connectivity index (χ3n) is 3.78. The first-order valence-electron chi connectivity index (χ1n) is 7.22. The molecule has 0 saturated carbocycles. The highest BCUT2D eigenvalue weighted by Gasteiger charge is 2.35. The highest BCUT2D eigenvalue weighted by atomic mass is 32.2. The first-order valence-corrected chi connectivity index (χ1v) is 8.27. The highest BCUT2D eigenvalue weighted by Crippen LogP contribution is 2.39. The van der Waals surface area contributed by atoms with Crippen molar-refractivity contribution in [2.24, 2.45) is 5.10 Å². The van der Waals surface area contributed by atoms with Gasteiger partial charge < -0.3 is 5.32 Å². The van der Waals surface area contributed by atoms with Gasteiger partial charge >= 0.3 is 0 Å². The van der Waals surface area contributed by atoms with Crippen LogP contribution in [-0.2, 0) is 9.59 Å². The Morgan fingerprint density at radius 2 is 1.78 bits per heavy atom. The Labute approximate surface area is 137 Å². The molecule has 4 rings (SSSR count). The van der Waals surface area contributed by atoms with Crippen molar-refractivity contribution >= 4 is 35.0 Å². The van der Waals surface area contributed by atoms with E-state index in [1.165, 1.54) is 16.8 Å². The summed E-state index contributed by atoms with van der Waals surface area (Å²) in [6.45, 7) is 0. The summed E-state index contributed by atoms with van der Waals surface area (Å²) in [5, 5.41) is 8.41. The molecule has 2 aromatic carbocycles. The van der Waals surface area contributed by atoms with Gasteiger partial charge in [-0.2, -0.15) is 5.10 Å². The van der Waals surface area contributed by atoms with E-state index in [0.29, 0.717) is 5.75 Å². The van der Waals surface area contributed by atoms with Crippen LogP contribution in [0.2, 0.25) is 0 Å². The first kappa shape index (κ1) is 14.0. The number of hydrazone groups is 1. The van der Waals surface area contributed by atoms with Crippen molar-refractivity contribution in [1.29, 1.82) is 0 Å². The highest BCUT2D eigenvalue weighted by molar-refractivity contribution is 8.00. The maximum absolute atomic E-state index is 12.2. The van der Waals surface area contributed by atoms with E-state index < -0.39 is 0 Å². The van der Waals surface area contributed by atoms with Crippen molar-refractivity contribution in [3.8, 4) is 0 Å². The zero-order valence-electron chi connectivity index (χ0n) is 12.1. The summed E-state index contributed by atoms with van der Waals surface area (Å²) in [5.41, 5.74) is 2.75. The molecule has 23 heavy (non-hydrogen) atoms. The molecule has 114 valence electrons. The molecule has 0 aliphatic carbocycles. The van der Waals surface area contributed by atoms with Crippen LogP contribution in [0.5, 0.6) is 0 Å². The van der Waals surface area contributed by atoms with Crippen LogP contribution < -0.4 is 5.32 Å². The normalized spacial score (nSPS) is 21.7. The van der Waals surface area contributed by atoms with Gasteiger partial charge in [0.2, 0.25) is 0 Å². The molecule has 2 amide bonds. The fourth-order valence-corrected chi connectivity index (χ4v) is 3.78. The average molecular weight is 323 g/mol. The number of fused-ring (bicyclic) bond motifs is 1. The van der Waals surface area contributed by atoms with Crippen LogP contribution in [0.15, 0.2) is 59.7 Å². The minimum atomic E-state index is -0.275. The van der Waals surface area contributed by atoms with Gasteiger partial charge in [0.15, 0.2) is 5.71 Å². The fraction of sp³-hybridized carbons (Fsp3) is 0.118. The lowest BCUT2D eigenvalue weighted by Crippen LogP contribution is -2.27. The number of carbonyl (C=O) groups excluding carboxylic acids is 2. The molecule has 1 fully saturated rings. The standard InChI is InChI=1S/C17H13N3O2S/c21-14-10-23-17(11-6-2-1-3-7-11)20(14)19-15-12-8-4-5-9-13(12)18-16(15)22/h1-9,17H,10H2,(H,18,19,22). The molecular weight excluding hydrogens is 310 g/mol. The summed E-state index contributed by atoms with van der Waals surface area (Å²) < 4.78 is 0. The molecule has 2 aromatic rings. The second-order valence-electron chi connectivity index (χ2n) is 5.26. The van der Waals surface area contributed by atoms with Gasteiger partial charge in [0.05, 0.1) is 11.4 Å². The monoisotopic (exact) mass is 323 g/mol. The van der Waals surface area contributed by atoms with E-state index in [-0.39, 0.29) is 22.9 Å². The zero-order chi connectivity index (χ0) is 15.8. The van der Waals surface area contributed by atoms with Crippen molar-refractivity contribution in [3.05, 3.63) is 65.7 Å². The molecule has 0 aromatic heterocycles. The Bertz CT molecular complexity index is 820. The Hall–Kier alpha value is -2.60. The lowest BCUT2D eigenvalue weighted by molar-refractivity contribution is -0.128. The number of hydrogen-bond donors (Lipinski definition) is 1. The number of thioether (sulfide) groups is 1. The molecule has 0 radical (unpaired) electrons. The largest absolute Gasteiger partial charge is 0.320 e. The van der Waals surface area contributed by atoms with Gasteiger partial charge in [0.1, 0.15) is 5.37 Å². The molecule has 2 aliphatic heterocycles. The van der Waals surface area contributed by atoms with Gasteiger partial charge in [-0.15, -0.1) is 11.8 Å². The Morgan fingerprint density at radius 3 is 2.61 bits per heavy atom. The van der Waals surface area contributed by atoms with E-state index in [1.54, 1.807) is 0 Å². The van der Waals surface area contributed by atoms with Gasteiger partial charge in [-0.05, 0) is 11.6 Å². The molecular formula is C17H13N3O2S. The Balaban J connectivity index is 1.74. The van der Waals surface area contributed by atoms with Gasteiger partial charge in [-0.25, -0.2) is 5.01 Å². The summed E-state index contributed by atoms with van der Waals surface area (Å²) in [5.74, 6) is -0.00387. The Morgan fingerprint density at radius 1 is 1.04 bits per heavy atom. The molecule has 5 nitrogen and oxygen atoms in total. The van der Waals surface area contributed by atoms with Gasteiger partial charge in [0, 0.05) is 5.56 Å². The molecule has 0 spiro atoms. The molecule has 0 bridgehead atoms. The SMILES string of the molecule is O=C1Nc2ccccc2/C1=N\N1C(=O)CSC1c1ccccc1. The Kier molecular flexibility index (Phi) is 3.38. The topological polar surface area (TPSA) is 61.8 Å². The quantitative estimate of drug-likeness (QED) is 0.924. The van der Waals surface area contributed by atoms with E-state index in [2.05, 4.69) is 10.4 Å². The summed E-state index contributed by atoms with van der Waals surface area (Å²) in [4.78, 5) is 24.4. The number of hydrogen-bond acceptors (Lipinski definition) is 4. The molecule has 6 heteroatoms. The molecule has 1 saturated heterocycles. The predicted octanol–water partition coefficient (Wildman–Crippen LogP) is 2.62. The lowest BCUT2D eigenvalue weighted by atomic mass is 10.1. The summed E-state index contributed by atoms with van der Waals surface area (Å²) >= 11 is 1.52. The van der Waals surface area contributed by atoms with Crippen LogP contribution in [0.3, 0.4) is 0 Å². The van der Waals surface area contributed by atoms with E-state index >= 15 is 0 Å². The van der Waals surface area contributed by atoms with Crippen LogP contribution in [0.25, 0.3) is 0 Å². The van der Waals surface area contributed by atoms with Crippen molar-refractivity contribution in [3.63, 3.8) is 0 Å². The summed E-state index contributed by atoms with van der Waals surface area (Å²) in [6, 6.07) is 17.1. The molecule has 1 unspecified atom stereocenters. The second-order valence-corrected chi connectivity index (χ2v) is 6.33. The number of para-hydroxylation sites is 1. The zero-order valence-corrected chi connectivity index (χ0v) is 12.9. The van der Waals surface area contributed by atoms with Gasteiger partial charge in [-0.3, -0.25) is 9.59 Å². The van der Waals surface area contributed by atoms with Crippen molar-refractivity contribution in [2.75, 3.05) is 11.1 Å². The molecule has 2 heterocycles. The number of nitrogens with one attached hydrogen (secondary N) is 1. The summed E-state index contributed by atoms with van der Waals surface area (Å²) in [6.07, 6.45) is 0.